The molecular formula is C28H31ClN8O. The van der Waals surface area contributed by atoms with Gasteiger partial charge < -0.3 is 10.6 Å². The van der Waals surface area contributed by atoms with Crippen LogP contribution in [0.1, 0.15) is 35.7 Å². The van der Waals surface area contributed by atoms with Gasteiger partial charge in [-0.05, 0) is 70.0 Å². The van der Waals surface area contributed by atoms with Crippen molar-refractivity contribution in [3.8, 4) is 11.3 Å². The van der Waals surface area contributed by atoms with Crippen LogP contribution >= 0.6 is 11.6 Å². The SMILES string of the molecule is Cc1cc(CCNc2ccc(Cl)nc2-c2cn[nH]c2C)c2c(c1)c(=O)n(C)c1c2cnn1C1CCNCC1. The largest absolute Gasteiger partial charge is 0.383 e. The third-order valence-electron chi connectivity index (χ3n) is 7.57. The van der Waals surface area contributed by atoms with Crippen LogP contribution in [0.5, 0.6) is 0 Å². The molecule has 4 aromatic heterocycles. The van der Waals surface area contributed by atoms with E-state index in [1.54, 1.807) is 16.8 Å². The van der Waals surface area contributed by atoms with Gasteiger partial charge >= 0.3 is 0 Å². The molecule has 0 unspecified atom stereocenters. The number of nitrogens with zero attached hydrogens (tertiary/aromatic N) is 5. The van der Waals surface area contributed by atoms with Crippen LogP contribution in [0, 0.1) is 13.8 Å². The minimum absolute atomic E-state index is 0.0146. The Labute approximate surface area is 225 Å². The molecule has 0 spiro atoms. The first-order chi connectivity index (χ1) is 18.4. The Morgan fingerprint density at radius 2 is 1.95 bits per heavy atom. The van der Waals surface area contributed by atoms with Crippen molar-refractivity contribution in [2.24, 2.45) is 7.05 Å². The second-order valence-electron chi connectivity index (χ2n) is 10.1. The number of benzene rings is 1. The number of nitrogens with one attached hydrogen (secondary N) is 3. The van der Waals surface area contributed by atoms with Gasteiger partial charge in [-0.3, -0.25) is 14.5 Å². The molecule has 0 bridgehead atoms. The third-order valence-corrected chi connectivity index (χ3v) is 7.78. The molecule has 0 aliphatic carbocycles. The number of pyridine rings is 2. The molecule has 5 heterocycles. The second-order valence-corrected chi connectivity index (χ2v) is 10.5. The number of aromatic amines is 1. The van der Waals surface area contributed by atoms with Gasteiger partial charge in [0, 0.05) is 41.0 Å². The molecule has 38 heavy (non-hydrogen) atoms. The van der Waals surface area contributed by atoms with Gasteiger partial charge in [-0.1, -0.05) is 23.2 Å². The number of rotatable bonds is 6. The molecule has 3 N–H and O–H groups in total. The van der Waals surface area contributed by atoms with Crippen LogP contribution < -0.4 is 16.2 Å². The van der Waals surface area contributed by atoms with E-state index in [1.165, 1.54) is 0 Å². The Balaban J connectivity index is 1.39. The third kappa shape index (κ3) is 4.25. The van der Waals surface area contributed by atoms with Gasteiger partial charge in [0.05, 0.1) is 29.8 Å². The van der Waals surface area contributed by atoms with E-state index in [9.17, 15) is 4.79 Å². The predicted molar refractivity (Wildman–Crippen MR) is 152 cm³/mol. The van der Waals surface area contributed by atoms with Crippen molar-refractivity contribution in [3.05, 3.63) is 69.0 Å². The van der Waals surface area contributed by atoms with Crippen molar-refractivity contribution in [1.29, 1.82) is 0 Å². The zero-order valence-corrected chi connectivity index (χ0v) is 22.6. The van der Waals surface area contributed by atoms with Crippen LogP contribution in [0.3, 0.4) is 0 Å². The van der Waals surface area contributed by atoms with E-state index >= 15 is 0 Å². The van der Waals surface area contributed by atoms with Crippen LogP contribution in [0.2, 0.25) is 5.15 Å². The highest BCUT2D eigenvalue weighted by Crippen LogP contribution is 2.32. The summed E-state index contributed by atoms with van der Waals surface area (Å²) in [7, 11) is 1.86. The van der Waals surface area contributed by atoms with Crippen molar-refractivity contribution >= 4 is 39.1 Å². The Kier molecular flexibility index (Phi) is 6.41. The summed E-state index contributed by atoms with van der Waals surface area (Å²) in [5.74, 6) is 0. The standard InChI is InChI=1S/C28H31ClN8O/c1-16-12-18(6-11-31-23-4-5-24(29)34-26(23)21-14-32-35-17(21)2)25-20(13-16)28(38)36(3)27-22(25)15-33-37(27)19-7-9-30-10-8-19/h4-5,12-15,19,30-31H,6-11H2,1-3H3,(H,32,35). The summed E-state index contributed by atoms with van der Waals surface area (Å²) in [6.07, 6.45) is 6.43. The predicted octanol–water partition coefficient (Wildman–Crippen LogP) is 4.52. The molecule has 1 aromatic carbocycles. The van der Waals surface area contributed by atoms with Gasteiger partial charge in [-0.15, -0.1) is 0 Å². The number of aryl methyl sites for hydroxylation is 3. The molecule has 1 saturated heterocycles. The van der Waals surface area contributed by atoms with Crippen molar-refractivity contribution in [2.75, 3.05) is 25.0 Å². The first kappa shape index (κ1) is 24.6. The van der Waals surface area contributed by atoms with Gasteiger partial charge in [0.1, 0.15) is 10.8 Å². The summed E-state index contributed by atoms with van der Waals surface area (Å²) in [4.78, 5) is 18.1. The molecule has 196 valence electrons. The molecule has 0 amide bonds. The fraction of sp³-hybridized carbons (Fsp3) is 0.357. The number of halogens is 1. The van der Waals surface area contributed by atoms with E-state index in [1.807, 2.05) is 39.2 Å². The lowest BCUT2D eigenvalue weighted by atomic mass is 9.98. The fourth-order valence-electron chi connectivity index (χ4n) is 5.71. The van der Waals surface area contributed by atoms with Gasteiger partial charge in [0.25, 0.3) is 5.56 Å². The molecule has 1 fully saturated rings. The summed E-state index contributed by atoms with van der Waals surface area (Å²) in [5, 5.41) is 22.1. The molecule has 5 aromatic rings. The number of piperidine rings is 1. The average Bonchev–Trinajstić information content (AvgIpc) is 3.55. The number of hydrogen-bond acceptors (Lipinski definition) is 6. The Bertz CT molecular complexity index is 1710. The molecule has 1 aliphatic heterocycles. The maximum Gasteiger partial charge on any atom is 0.259 e. The highest BCUT2D eigenvalue weighted by atomic mass is 35.5. The number of fused-ring (bicyclic) bond motifs is 3. The summed E-state index contributed by atoms with van der Waals surface area (Å²) in [6, 6.07) is 8.20. The lowest BCUT2D eigenvalue weighted by molar-refractivity contribution is 0.348. The van der Waals surface area contributed by atoms with Crippen LogP contribution in [0.4, 0.5) is 5.69 Å². The van der Waals surface area contributed by atoms with Crippen molar-refractivity contribution in [3.63, 3.8) is 0 Å². The van der Waals surface area contributed by atoms with E-state index < -0.39 is 0 Å². The lowest BCUT2D eigenvalue weighted by Crippen LogP contribution is -2.31. The average molecular weight is 531 g/mol. The fourth-order valence-corrected chi connectivity index (χ4v) is 5.86. The Hall–Kier alpha value is -3.69. The van der Waals surface area contributed by atoms with E-state index in [-0.39, 0.29) is 11.6 Å². The zero-order valence-electron chi connectivity index (χ0n) is 21.8. The Morgan fingerprint density at radius 3 is 2.71 bits per heavy atom. The van der Waals surface area contributed by atoms with Crippen molar-refractivity contribution in [2.45, 2.75) is 39.2 Å². The van der Waals surface area contributed by atoms with E-state index in [4.69, 9.17) is 16.7 Å². The highest BCUT2D eigenvalue weighted by molar-refractivity contribution is 6.29. The first-order valence-corrected chi connectivity index (χ1v) is 13.4. The lowest BCUT2D eigenvalue weighted by Gasteiger charge is -2.24. The van der Waals surface area contributed by atoms with E-state index in [0.717, 1.165) is 87.9 Å². The number of anilines is 1. The minimum Gasteiger partial charge on any atom is -0.383 e. The van der Waals surface area contributed by atoms with Gasteiger partial charge in [0.15, 0.2) is 0 Å². The van der Waals surface area contributed by atoms with Crippen LogP contribution in [0.25, 0.3) is 33.1 Å². The maximum absolute atomic E-state index is 13.6. The molecule has 10 heteroatoms. The minimum atomic E-state index is 0.0146. The molecular weight excluding hydrogens is 500 g/mol. The van der Waals surface area contributed by atoms with Crippen LogP contribution in [0.15, 0.2) is 41.5 Å². The summed E-state index contributed by atoms with van der Waals surface area (Å²) in [6.45, 7) is 6.59. The normalized spacial score (nSPS) is 14.5. The molecule has 0 saturated carbocycles. The van der Waals surface area contributed by atoms with Gasteiger partial charge in [-0.2, -0.15) is 10.2 Å². The van der Waals surface area contributed by atoms with Gasteiger partial charge in [-0.25, -0.2) is 9.67 Å². The van der Waals surface area contributed by atoms with Crippen LogP contribution in [-0.4, -0.2) is 49.2 Å². The van der Waals surface area contributed by atoms with Crippen LogP contribution in [-0.2, 0) is 13.5 Å². The molecule has 9 nitrogen and oxygen atoms in total. The number of aromatic nitrogens is 6. The highest BCUT2D eigenvalue weighted by Gasteiger charge is 2.22. The van der Waals surface area contributed by atoms with Crippen molar-refractivity contribution < 1.29 is 0 Å². The van der Waals surface area contributed by atoms with Crippen molar-refractivity contribution in [1.82, 2.24) is 34.8 Å². The smallest absolute Gasteiger partial charge is 0.259 e. The first-order valence-electron chi connectivity index (χ1n) is 13.0. The quantitative estimate of drug-likeness (QED) is 0.279. The van der Waals surface area contributed by atoms with E-state index in [2.05, 4.69) is 36.6 Å². The Morgan fingerprint density at radius 1 is 1.13 bits per heavy atom. The number of H-pyrrole nitrogens is 1. The maximum atomic E-state index is 13.6. The molecule has 0 atom stereocenters. The summed E-state index contributed by atoms with van der Waals surface area (Å²) in [5.41, 5.74) is 6.59. The van der Waals surface area contributed by atoms with E-state index in [0.29, 0.717) is 11.7 Å². The molecule has 6 rings (SSSR count). The monoisotopic (exact) mass is 530 g/mol. The topological polar surface area (TPSA) is 105 Å². The van der Waals surface area contributed by atoms with Gasteiger partial charge in [0.2, 0.25) is 0 Å². The molecule has 0 radical (unpaired) electrons. The molecule has 1 aliphatic rings. The zero-order chi connectivity index (χ0) is 26.4. The summed E-state index contributed by atoms with van der Waals surface area (Å²) >= 11 is 6.23. The number of hydrogen-bond donors (Lipinski definition) is 3. The summed E-state index contributed by atoms with van der Waals surface area (Å²) < 4.78 is 3.84. The second kappa shape index (κ2) is 9.89.